The van der Waals surface area contributed by atoms with E-state index >= 15 is 0 Å². The molecule has 0 spiro atoms. The van der Waals surface area contributed by atoms with Gasteiger partial charge in [0.1, 0.15) is 5.76 Å². The molecule has 2 N–H and O–H groups in total. The molecule has 25 heavy (non-hydrogen) atoms. The second kappa shape index (κ2) is 8.71. The molecule has 134 valence electrons. The van der Waals surface area contributed by atoms with Crippen molar-refractivity contribution < 1.29 is 14.1 Å². The largest absolute Gasteiger partial charge is 0.361 e. The van der Waals surface area contributed by atoms with Gasteiger partial charge in [0.15, 0.2) is 0 Å². The highest BCUT2D eigenvalue weighted by Gasteiger charge is 2.12. The molecule has 7 heteroatoms. The summed E-state index contributed by atoms with van der Waals surface area (Å²) in [6.07, 6.45) is 0. The fourth-order valence-electron chi connectivity index (χ4n) is 2.30. The minimum absolute atomic E-state index is 0.104. The lowest BCUT2D eigenvalue weighted by Crippen LogP contribution is -2.23. The van der Waals surface area contributed by atoms with Crippen LogP contribution in [0.2, 0.25) is 0 Å². The molecule has 0 fully saturated rings. The zero-order chi connectivity index (χ0) is 18.4. The minimum Gasteiger partial charge on any atom is -0.361 e. The van der Waals surface area contributed by atoms with Crippen molar-refractivity contribution in [2.45, 2.75) is 33.4 Å². The number of amides is 2. The van der Waals surface area contributed by atoms with Crippen LogP contribution in [-0.4, -0.2) is 29.3 Å². The first kappa shape index (κ1) is 19.1. The first-order valence-electron chi connectivity index (χ1n) is 8.10. The number of rotatable bonds is 7. The van der Waals surface area contributed by atoms with Gasteiger partial charge in [0.05, 0.1) is 11.4 Å². The molecule has 0 unspecified atom stereocenters. The number of aryl methyl sites for hydroxylation is 3. The van der Waals surface area contributed by atoms with Crippen LogP contribution in [0.3, 0.4) is 0 Å². The number of thioether (sulfide) groups is 1. The quantitative estimate of drug-likeness (QED) is 0.791. The molecule has 2 rings (SSSR count). The van der Waals surface area contributed by atoms with Gasteiger partial charge in [-0.25, -0.2) is 0 Å². The van der Waals surface area contributed by atoms with Gasteiger partial charge >= 0.3 is 0 Å². The Bertz CT molecular complexity index is 751. The predicted octanol–water partition coefficient (Wildman–Crippen LogP) is 3.22. The molecule has 0 radical (unpaired) electrons. The maximum Gasteiger partial charge on any atom is 0.251 e. The average Bonchev–Trinajstić information content (AvgIpc) is 2.89. The second-order valence-corrected chi connectivity index (χ2v) is 6.72. The van der Waals surface area contributed by atoms with Gasteiger partial charge in [0.2, 0.25) is 5.91 Å². The molecule has 0 atom stereocenters. The van der Waals surface area contributed by atoms with Crippen LogP contribution in [0, 0.1) is 20.8 Å². The standard InChI is InChI=1S/C18H23N3O3S/c1-5-19-18(23)14-7-6-11(2)16(8-14)20-17(22)10-25-9-15-12(3)21-24-13(15)4/h6-8H,5,9-10H2,1-4H3,(H,19,23)(H,20,22). The van der Waals surface area contributed by atoms with E-state index < -0.39 is 0 Å². The van der Waals surface area contributed by atoms with Crippen LogP contribution >= 0.6 is 11.8 Å². The summed E-state index contributed by atoms with van der Waals surface area (Å²) in [5.41, 5.74) is 4.00. The van der Waals surface area contributed by atoms with E-state index in [4.69, 9.17) is 4.52 Å². The molecule has 6 nitrogen and oxygen atoms in total. The summed E-state index contributed by atoms with van der Waals surface area (Å²) in [5.74, 6) is 1.52. The van der Waals surface area contributed by atoms with Crippen molar-refractivity contribution in [2.24, 2.45) is 0 Å². The molecule has 0 aliphatic heterocycles. The SMILES string of the molecule is CCNC(=O)c1ccc(C)c(NC(=O)CSCc2c(C)noc2C)c1. The van der Waals surface area contributed by atoms with E-state index in [2.05, 4.69) is 15.8 Å². The number of carbonyl (C=O) groups is 2. The molecule has 1 heterocycles. The number of carbonyl (C=O) groups excluding carboxylic acids is 2. The molecule has 2 aromatic rings. The molecule has 2 amide bonds. The van der Waals surface area contributed by atoms with Crippen molar-refractivity contribution in [3.63, 3.8) is 0 Å². The number of hydrogen-bond donors (Lipinski definition) is 2. The summed E-state index contributed by atoms with van der Waals surface area (Å²) in [5, 5.41) is 9.54. The molecular weight excluding hydrogens is 338 g/mol. The Morgan fingerprint density at radius 2 is 2.00 bits per heavy atom. The topological polar surface area (TPSA) is 84.2 Å². The maximum atomic E-state index is 12.2. The van der Waals surface area contributed by atoms with E-state index in [9.17, 15) is 9.59 Å². The van der Waals surface area contributed by atoms with Gasteiger partial charge in [-0.3, -0.25) is 9.59 Å². The van der Waals surface area contributed by atoms with Crippen LogP contribution < -0.4 is 10.6 Å². The van der Waals surface area contributed by atoms with Crippen molar-refractivity contribution >= 4 is 29.3 Å². The Hall–Kier alpha value is -2.28. The number of nitrogens with zero attached hydrogens (tertiary/aromatic N) is 1. The van der Waals surface area contributed by atoms with Crippen LogP contribution in [0.1, 0.15) is 39.9 Å². The van der Waals surface area contributed by atoms with E-state index in [1.807, 2.05) is 33.8 Å². The Kier molecular flexibility index (Phi) is 6.64. The van der Waals surface area contributed by atoms with E-state index in [0.29, 0.717) is 29.3 Å². The van der Waals surface area contributed by atoms with Crippen LogP contribution in [0.25, 0.3) is 0 Å². The zero-order valence-electron chi connectivity index (χ0n) is 14.9. The number of nitrogens with one attached hydrogen (secondary N) is 2. The van der Waals surface area contributed by atoms with Gasteiger partial charge in [-0.05, 0) is 45.4 Å². The molecule has 1 aromatic heterocycles. The second-order valence-electron chi connectivity index (χ2n) is 5.73. The predicted molar refractivity (Wildman–Crippen MR) is 100.0 cm³/mol. The summed E-state index contributed by atoms with van der Waals surface area (Å²) in [6.45, 7) is 8.08. The number of anilines is 1. The van der Waals surface area contributed by atoms with Crippen LogP contribution in [0.5, 0.6) is 0 Å². The number of aromatic nitrogens is 1. The molecular formula is C18H23N3O3S. The van der Waals surface area contributed by atoms with E-state index in [1.165, 1.54) is 11.8 Å². The monoisotopic (exact) mass is 361 g/mol. The number of benzene rings is 1. The third-order valence-electron chi connectivity index (χ3n) is 3.77. The Morgan fingerprint density at radius 3 is 2.64 bits per heavy atom. The third-order valence-corrected chi connectivity index (χ3v) is 4.73. The zero-order valence-corrected chi connectivity index (χ0v) is 15.8. The Morgan fingerprint density at radius 1 is 1.24 bits per heavy atom. The fourth-order valence-corrected chi connectivity index (χ4v) is 3.28. The van der Waals surface area contributed by atoms with Crippen molar-refractivity contribution in [3.05, 3.63) is 46.3 Å². The van der Waals surface area contributed by atoms with Crippen LogP contribution in [0.15, 0.2) is 22.7 Å². The minimum atomic E-state index is -0.147. The first-order chi connectivity index (χ1) is 11.9. The van der Waals surface area contributed by atoms with Gasteiger partial charge in [-0.15, -0.1) is 11.8 Å². The maximum absolute atomic E-state index is 12.2. The average molecular weight is 361 g/mol. The molecule has 0 saturated heterocycles. The molecule has 1 aromatic carbocycles. The molecule has 0 aliphatic carbocycles. The number of hydrogen-bond acceptors (Lipinski definition) is 5. The summed E-state index contributed by atoms with van der Waals surface area (Å²) in [7, 11) is 0. The van der Waals surface area contributed by atoms with Gasteiger partial charge in [0, 0.05) is 29.1 Å². The van der Waals surface area contributed by atoms with E-state index in [0.717, 1.165) is 22.6 Å². The van der Waals surface area contributed by atoms with Crippen molar-refractivity contribution in [3.8, 4) is 0 Å². The Labute approximate surface area is 151 Å². The Balaban J connectivity index is 1.93. The van der Waals surface area contributed by atoms with Gasteiger partial charge < -0.3 is 15.2 Å². The summed E-state index contributed by atoms with van der Waals surface area (Å²) < 4.78 is 5.12. The lowest BCUT2D eigenvalue weighted by Gasteiger charge is -2.10. The first-order valence-corrected chi connectivity index (χ1v) is 9.26. The molecule has 0 saturated carbocycles. The van der Waals surface area contributed by atoms with Crippen molar-refractivity contribution in [1.29, 1.82) is 0 Å². The highest BCUT2D eigenvalue weighted by Crippen LogP contribution is 2.21. The highest BCUT2D eigenvalue weighted by molar-refractivity contribution is 7.99. The van der Waals surface area contributed by atoms with Crippen LogP contribution in [0.4, 0.5) is 5.69 Å². The van der Waals surface area contributed by atoms with Gasteiger partial charge in [-0.2, -0.15) is 0 Å². The molecule has 0 bridgehead atoms. The van der Waals surface area contributed by atoms with Gasteiger partial charge in [0.25, 0.3) is 5.91 Å². The normalized spacial score (nSPS) is 10.6. The van der Waals surface area contributed by atoms with Crippen molar-refractivity contribution in [1.82, 2.24) is 10.5 Å². The lowest BCUT2D eigenvalue weighted by molar-refractivity contribution is -0.113. The van der Waals surface area contributed by atoms with Crippen molar-refractivity contribution in [2.75, 3.05) is 17.6 Å². The lowest BCUT2D eigenvalue weighted by atomic mass is 10.1. The van der Waals surface area contributed by atoms with E-state index in [1.54, 1.807) is 12.1 Å². The summed E-state index contributed by atoms with van der Waals surface area (Å²) in [4.78, 5) is 24.1. The summed E-state index contributed by atoms with van der Waals surface area (Å²) in [6, 6.07) is 5.29. The smallest absolute Gasteiger partial charge is 0.251 e. The fraction of sp³-hybridized carbons (Fsp3) is 0.389. The van der Waals surface area contributed by atoms with Crippen LogP contribution in [-0.2, 0) is 10.5 Å². The summed E-state index contributed by atoms with van der Waals surface area (Å²) >= 11 is 1.50. The molecule has 0 aliphatic rings. The third kappa shape index (κ3) is 5.09. The van der Waals surface area contributed by atoms with Gasteiger partial charge in [-0.1, -0.05) is 11.2 Å². The van der Waals surface area contributed by atoms with E-state index in [-0.39, 0.29) is 11.8 Å². The highest BCUT2D eigenvalue weighted by atomic mass is 32.2.